The molecule has 2 saturated heterocycles. The highest BCUT2D eigenvalue weighted by molar-refractivity contribution is 5.66. The number of fused-ring (bicyclic) bond motifs is 2. The minimum absolute atomic E-state index is 0.113. The maximum absolute atomic E-state index is 10.5. The number of aliphatic hydroxyl groups excluding tert-OH is 1. The van der Waals surface area contributed by atoms with Crippen LogP contribution in [-0.4, -0.2) is 34.5 Å². The third kappa shape index (κ3) is 6.95. The van der Waals surface area contributed by atoms with Crippen molar-refractivity contribution in [3.63, 3.8) is 0 Å². The van der Waals surface area contributed by atoms with Crippen molar-refractivity contribution >= 4 is 5.97 Å². The normalized spacial score (nSPS) is 29.8. The van der Waals surface area contributed by atoms with Crippen LogP contribution in [0, 0.1) is 11.8 Å². The van der Waals surface area contributed by atoms with Crippen molar-refractivity contribution < 1.29 is 19.7 Å². The van der Waals surface area contributed by atoms with Gasteiger partial charge in [-0.3, -0.25) is 4.79 Å². The van der Waals surface area contributed by atoms with Crippen LogP contribution in [0.3, 0.4) is 0 Å². The summed E-state index contributed by atoms with van der Waals surface area (Å²) < 4.78 is 6.14. The molecule has 0 amide bonds. The first kappa shape index (κ1) is 20.2. The number of hydrogen-bond acceptors (Lipinski definition) is 3. The standard InChI is InChI=1S/C21H34O4/c1-2-3-6-9-17(22)12-13-20-19(16-14-18(15-16)25-20)10-7-4-5-8-11-21(23)24/h4,7,12-13,16-20,22H,2-3,5-6,8-11,14-15H2,1H3,(H,23,24)/b7-4-,13-12+/t16?,17-,18?,19-,20+/m0/s1. The molecule has 2 heterocycles. The van der Waals surface area contributed by atoms with Gasteiger partial charge in [0, 0.05) is 6.42 Å². The number of aliphatic hydroxyl groups is 1. The Morgan fingerprint density at radius 3 is 2.76 bits per heavy atom. The summed E-state index contributed by atoms with van der Waals surface area (Å²) >= 11 is 0. The Balaban J connectivity index is 1.76. The molecule has 0 aromatic rings. The number of ether oxygens (including phenoxy) is 1. The van der Waals surface area contributed by atoms with Gasteiger partial charge < -0.3 is 14.9 Å². The lowest BCUT2D eigenvalue weighted by atomic mass is 9.67. The van der Waals surface area contributed by atoms with Crippen molar-refractivity contribution in [2.45, 2.75) is 89.4 Å². The maximum atomic E-state index is 10.5. The van der Waals surface area contributed by atoms with Gasteiger partial charge in [0.15, 0.2) is 0 Å². The van der Waals surface area contributed by atoms with E-state index >= 15 is 0 Å². The fourth-order valence-electron chi connectivity index (χ4n) is 3.85. The zero-order valence-corrected chi connectivity index (χ0v) is 15.5. The van der Waals surface area contributed by atoms with E-state index in [0.717, 1.165) is 31.6 Å². The molecule has 1 saturated carbocycles. The highest BCUT2D eigenvalue weighted by Crippen LogP contribution is 2.46. The maximum Gasteiger partial charge on any atom is 0.303 e. The van der Waals surface area contributed by atoms with E-state index in [4.69, 9.17) is 9.84 Å². The fourth-order valence-corrected chi connectivity index (χ4v) is 3.85. The predicted octanol–water partition coefficient (Wildman–Crippen LogP) is 4.48. The molecule has 4 heteroatoms. The van der Waals surface area contributed by atoms with Gasteiger partial charge in [-0.05, 0) is 50.4 Å². The third-order valence-electron chi connectivity index (χ3n) is 5.47. The van der Waals surface area contributed by atoms with Crippen molar-refractivity contribution in [3.8, 4) is 0 Å². The van der Waals surface area contributed by atoms with Crippen LogP contribution < -0.4 is 0 Å². The van der Waals surface area contributed by atoms with E-state index in [-0.39, 0.29) is 18.6 Å². The molecule has 0 spiro atoms. The molecule has 3 atom stereocenters. The second kappa shape index (κ2) is 10.8. The Hall–Kier alpha value is -1.13. The predicted molar refractivity (Wildman–Crippen MR) is 99.4 cm³/mol. The molecule has 0 aromatic heterocycles. The van der Waals surface area contributed by atoms with Gasteiger partial charge in [0.2, 0.25) is 0 Å². The Kier molecular flexibility index (Phi) is 8.70. The lowest BCUT2D eigenvalue weighted by Gasteiger charge is -2.50. The Morgan fingerprint density at radius 1 is 1.24 bits per heavy atom. The molecular weight excluding hydrogens is 316 g/mol. The molecule has 2 N–H and O–H groups in total. The second-order valence-electron chi connectivity index (χ2n) is 7.56. The summed E-state index contributed by atoms with van der Waals surface area (Å²) in [4.78, 5) is 10.5. The van der Waals surface area contributed by atoms with Gasteiger partial charge in [0.05, 0.1) is 18.3 Å². The smallest absolute Gasteiger partial charge is 0.303 e. The van der Waals surface area contributed by atoms with Crippen LogP contribution in [0.2, 0.25) is 0 Å². The average Bonchev–Trinajstić information content (AvgIpc) is 2.55. The van der Waals surface area contributed by atoms with Crippen LogP contribution in [0.1, 0.15) is 71.1 Å². The number of aliphatic carboxylic acids is 1. The summed E-state index contributed by atoms with van der Waals surface area (Å²) in [5.41, 5.74) is 0. The number of unbranched alkanes of at least 4 members (excludes halogenated alkanes) is 3. The van der Waals surface area contributed by atoms with Crippen LogP contribution >= 0.6 is 0 Å². The molecule has 3 aliphatic rings. The minimum Gasteiger partial charge on any atom is -0.481 e. The average molecular weight is 350 g/mol. The largest absolute Gasteiger partial charge is 0.481 e. The summed E-state index contributed by atoms with van der Waals surface area (Å²) in [6.07, 6.45) is 17.8. The zero-order valence-electron chi connectivity index (χ0n) is 15.5. The topological polar surface area (TPSA) is 66.8 Å². The number of carbonyl (C=O) groups is 1. The number of rotatable bonds is 12. The van der Waals surface area contributed by atoms with Gasteiger partial charge in [0.1, 0.15) is 0 Å². The van der Waals surface area contributed by atoms with Crippen molar-refractivity contribution in [2.75, 3.05) is 0 Å². The molecule has 0 radical (unpaired) electrons. The van der Waals surface area contributed by atoms with Gasteiger partial charge >= 0.3 is 5.97 Å². The van der Waals surface area contributed by atoms with Crippen molar-refractivity contribution in [1.29, 1.82) is 0 Å². The number of carboxylic acids is 1. The van der Waals surface area contributed by atoms with Crippen LogP contribution in [-0.2, 0) is 9.53 Å². The van der Waals surface area contributed by atoms with Crippen LogP contribution in [0.25, 0.3) is 0 Å². The molecule has 2 bridgehead atoms. The quantitative estimate of drug-likeness (QED) is 0.402. The van der Waals surface area contributed by atoms with E-state index < -0.39 is 5.97 Å². The molecule has 0 unspecified atom stereocenters. The first-order chi connectivity index (χ1) is 12.1. The van der Waals surface area contributed by atoms with Gasteiger partial charge in [-0.15, -0.1) is 0 Å². The van der Waals surface area contributed by atoms with Gasteiger partial charge in [0.25, 0.3) is 0 Å². The Labute approximate surface area is 152 Å². The van der Waals surface area contributed by atoms with E-state index in [0.29, 0.717) is 18.4 Å². The molecule has 3 rings (SSSR count). The number of allylic oxidation sites excluding steroid dienone is 2. The van der Waals surface area contributed by atoms with Gasteiger partial charge in [-0.25, -0.2) is 0 Å². The first-order valence-electron chi connectivity index (χ1n) is 9.98. The SMILES string of the molecule is CCCCC[C@H](O)/C=C/[C@H]1OC2CC(C2)[C@@H]1C/C=C\CCCC(=O)O. The van der Waals surface area contributed by atoms with E-state index in [2.05, 4.69) is 25.2 Å². The second-order valence-corrected chi connectivity index (χ2v) is 7.56. The number of hydrogen-bond donors (Lipinski definition) is 2. The van der Waals surface area contributed by atoms with E-state index in [9.17, 15) is 9.90 Å². The Bertz CT molecular complexity index is 451. The summed E-state index contributed by atoms with van der Waals surface area (Å²) in [6.45, 7) is 2.17. The molecule has 0 aromatic carbocycles. The van der Waals surface area contributed by atoms with E-state index in [1.807, 2.05) is 6.08 Å². The molecule has 2 aliphatic heterocycles. The van der Waals surface area contributed by atoms with E-state index in [1.54, 1.807) is 0 Å². The summed E-state index contributed by atoms with van der Waals surface area (Å²) in [5.74, 6) is 0.492. The molecule has 25 heavy (non-hydrogen) atoms. The third-order valence-corrected chi connectivity index (χ3v) is 5.47. The van der Waals surface area contributed by atoms with Crippen molar-refractivity contribution in [1.82, 2.24) is 0 Å². The first-order valence-corrected chi connectivity index (χ1v) is 9.98. The summed E-state index contributed by atoms with van der Waals surface area (Å²) in [5, 5.41) is 18.7. The molecule has 142 valence electrons. The fraction of sp³-hybridized carbons (Fsp3) is 0.762. The molecule has 4 nitrogen and oxygen atoms in total. The molecule has 3 fully saturated rings. The number of carboxylic acid groups (broad SMARTS) is 1. The highest BCUT2D eigenvalue weighted by atomic mass is 16.5. The summed E-state index contributed by atoms with van der Waals surface area (Å²) in [6, 6.07) is 0. The molecule has 1 aliphatic carbocycles. The van der Waals surface area contributed by atoms with Crippen molar-refractivity contribution in [2.24, 2.45) is 11.8 Å². The van der Waals surface area contributed by atoms with Crippen LogP contribution in [0.5, 0.6) is 0 Å². The van der Waals surface area contributed by atoms with Crippen LogP contribution in [0.4, 0.5) is 0 Å². The Morgan fingerprint density at radius 2 is 2.04 bits per heavy atom. The lowest BCUT2D eigenvalue weighted by molar-refractivity contribution is -0.159. The minimum atomic E-state index is -0.725. The zero-order chi connectivity index (χ0) is 18.1. The monoisotopic (exact) mass is 350 g/mol. The highest BCUT2D eigenvalue weighted by Gasteiger charge is 2.45. The van der Waals surface area contributed by atoms with Gasteiger partial charge in [-0.2, -0.15) is 0 Å². The van der Waals surface area contributed by atoms with Crippen molar-refractivity contribution in [3.05, 3.63) is 24.3 Å². The summed E-state index contributed by atoms with van der Waals surface area (Å²) in [7, 11) is 0. The van der Waals surface area contributed by atoms with Gasteiger partial charge in [-0.1, -0.05) is 50.5 Å². The van der Waals surface area contributed by atoms with Crippen LogP contribution in [0.15, 0.2) is 24.3 Å². The van der Waals surface area contributed by atoms with E-state index in [1.165, 1.54) is 25.7 Å². The lowest BCUT2D eigenvalue weighted by Crippen LogP contribution is -2.49. The molecular formula is C21H34O4.